The van der Waals surface area contributed by atoms with Crippen LogP contribution in [0.5, 0.6) is 0 Å². The average molecular weight is 349 g/mol. The Hall–Kier alpha value is -1.75. The molecule has 1 fully saturated rings. The SMILES string of the molecule is Cl.Clc1ccccc1-n1nc(N2CCNCC2)c2ccccc21. The Kier molecular flexibility index (Phi) is 4.76. The van der Waals surface area contributed by atoms with Gasteiger partial charge in [0.15, 0.2) is 5.82 Å². The van der Waals surface area contributed by atoms with Crippen molar-refractivity contribution < 1.29 is 0 Å². The van der Waals surface area contributed by atoms with Gasteiger partial charge in [0.2, 0.25) is 0 Å². The Bertz CT molecular complexity index is 809. The molecule has 0 amide bonds. The first-order valence-corrected chi connectivity index (χ1v) is 7.91. The van der Waals surface area contributed by atoms with Crippen molar-refractivity contribution >= 4 is 40.7 Å². The number of aromatic nitrogens is 2. The Balaban J connectivity index is 0.00000156. The molecule has 0 unspecified atom stereocenters. The highest BCUT2D eigenvalue weighted by molar-refractivity contribution is 6.32. The fraction of sp³-hybridized carbons (Fsp3) is 0.235. The average Bonchev–Trinajstić information content (AvgIpc) is 2.96. The molecule has 0 radical (unpaired) electrons. The predicted molar refractivity (Wildman–Crippen MR) is 98.4 cm³/mol. The van der Waals surface area contributed by atoms with E-state index < -0.39 is 0 Å². The molecule has 0 spiro atoms. The number of hydrogen-bond donors (Lipinski definition) is 1. The summed E-state index contributed by atoms with van der Waals surface area (Å²) in [5, 5.41) is 10.1. The number of para-hydroxylation sites is 2. The van der Waals surface area contributed by atoms with Crippen LogP contribution >= 0.6 is 24.0 Å². The van der Waals surface area contributed by atoms with Gasteiger partial charge in [-0.3, -0.25) is 0 Å². The van der Waals surface area contributed by atoms with Crippen molar-refractivity contribution in [1.82, 2.24) is 15.1 Å². The summed E-state index contributed by atoms with van der Waals surface area (Å²) < 4.78 is 1.95. The molecule has 4 nitrogen and oxygen atoms in total. The maximum atomic E-state index is 6.37. The third-order valence-electron chi connectivity index (χ3n) is 4.07. The number of benzene rings is 2. The van der Waals surface area contributed by atoms with E-state index in [4.69, 9.17) is 16.7 Å². The molecule has 1 aliphatic rings. The molecule has 2 aromatic carbocycles. The number of hydrogen-bond acceptors (Lipinski definition) is 3. The van der Waals surface area contributed by atoms with Crippen LogP contribution in [-0.2, 0) is 0 Å². The molecule has 4 rings (SSSR count). The summed E-state index contributed by atoms with van der Waals surface area (Å²) in [5.41, 5.74) is 2.01. The molecular weight excluding hydrogens is 331 g/mol. The van der Waals surface area contributed by atoms with Crippen molar-refractivity contribution in [3.63, 3.8) is 0 Å². The highest BCUT2D eigenvalue weighted by Gasteiger charge is 2.19. The largest absolute Gasteiger partial charge is 0.352 e. The maximum Gasteiger partial charge on any atom is 0.159 e. The third kappa shape index (κ3) is 2.90. The quantitative estimate of drug-likeness (QED) is 0.769. The lowest BCUT2D eigenvalue weighted by molar-refractivity contribution is 0.584. The normalized spacial score (nSPS) is 14.7. The zero-order chi connectivity index (χ0) is 14.9. The Morgan fingerprint density at radius 1 is 0.957 bits per heavy atom. The molecular formula is C17H18Cl2N4. The highest BCUT2D eigenvalue weighted by Crippen LogP contribution is 2.30. The first-order chi connectivity index (χ1) is 10.8. The first-order valence-electron chi connectivity index (χ1n) is 7.53. The standard InChI is InChI=1S/C17H17ClN4.ClH/c18-14-6-2-4-8-16(14)22-15-7-3-1-5-13(15)17(20-22)21-11-9-19-10-12-21;/h1-8,19H,9-12H2;1H. The smallest absolute Gasteiger partial charge is 0.159 e. The number of piperazine rings is 1. The number of anilines is 1. The van der Waals surface area contributed by atoms with Crippen LogP contribution in [0.3, 0.4) is 0 Å². The van der Waals surface area contributed by atoms with Gasteiger partial charge in [0.05, 0.1) is 16.2 Å². The molecule has 6 heteroatoms. The summed E-state index contributed by atoms with van der Waals surface area (Å²) in [6, 6.07) is 16.2. The molecule has 0 saturated carbocycles. The molecule has 23 heavy (non-hydrogen) atoms. The molecule has 1 aliphatic heterocycles. The first kappa shape index (κ1) is 16.1. The Morgan fingerprint density at radius 3 is 2.43 bits per heavy atom. The van der Waals surface area contributed by atoms with Gasteiger partial charge in [0.25, 0.3) is 0 Å². The lowest BCUT2D eigenvalue weighted by Crippen LogP contribution is -2.43. The molecule has 3 aromatic rings. The Labute approximate surface area is 146 Å². The van der Waals surface area contributed by atoms with E-state index in [1.165, 1.54) is 5.39 Å². The fourth-order valence-electron chi connectivity index (χ4n) is 2.97. The minimum absolute atomic E-state index is 0. The zero-order valence-electron chi connectivity index (χ0n) is 12.6. The highest BCUT2D eigenvalue weighted by atomic mass is 35.5. The van der Waals surface area contributed by atoms with E-state index in [2.05, 4.69) is 28.4 Å². The zero-order valence-corrected chi connectivity index (χ0v) is 14.1. The van der Waals surface area contributed by atoms with Crippen molar-refractivity contribution in [1.29, 1.82) is 0 Å². The van der Waals surface area contributed by atoms with Crippen molar-refractivity contribution in [3.05, 3.63) is 53.6 Å². The minimum atomic E-state index is 0. The van der Waals surface area contributed by atoms with Gasteiger partial charge >= 0.3 is 0 Å². The van der Waals surface area contributed by atoms with Crippen LogP contribution in [0, 0.1) is 0 Å². The van der Waals surface area contributed by atoms with Crippen molar-refractivity contribution in [3.8, 4) is 5.69 Å². The van der Waals surface area contributed by atoms with Gasteiger partial charge in [-0.15, -0.1) is 17.5 Å². The summed E-state index contributed by atoms with van der Waals surface area (Å²) in [7, 11) is 0. The van der Waals surface area contributed by atoms with Crippen molar-refractivity contribution in [2.45, 2.75) is 0 Å². The number of halogens is 2. The summed E-state index contributed by atoms with van der Waals surface area (Å²) in [6.07, 6.45) is 0. The summed E-state index contributed by atoms with van der Waals surface area (Å²) in [5.74, 6) is 1.04. The molecule has 0 aliphatic carbocycles. The van der Waals surface area contributed by atoms with Gasteiger partial charge in [0, 0.05) is 31.6 Å². The number of nitrogens with zero attached hydrogens (tertiary/aromatic N) is 3. The summed E-state index contributed by atoms with van der Waals surface area (Å²) in [6.45, 7) is 3.94. The van der Waals surface area contributed by atoms with Crippen LogP contribution in [0.25, 0.3) is 16.6 Å². The van der Waals surface area contributed by atoms with Crippen LogP contribution in [0.2, 0.25) is 5.02 Å². The van der Waals surface area contributed by atoms with Crippen LogP contribution in [0.1, 0.15) is 0 Å². The lowest BCUT2D eigenvalue weighted by Gasteiger charge is -2.27. The van der Waals surface area contributed by atoms with Crippen LogP contribution in [0.4, 0.5) is 5.82 Å². The monoisotopic (exact) mass is 348 g/mol. The number of fused-ring (bicyclic) bond motifs is 1. The fourth-order valence-corrected chi connectivity index (χ4v) is 3.18. The minimum Gasteiger partial charge on any atom is -0.352 e. The van der Waals surface area contributed by atoms with E-state index in [1.807, 2.05) is 35.0 Å². The van der Waals surface area contributed by atoms with Gasteiger partial charge in [-0.25, -0.2) is 4.68 Å². The second-order valence-corrected chi connectivity index (χ2v) is 5.85. The molecule has 1 N–H and O–H groups in total. The van der Waals surface area contributed by atoms with Crippen LogP contribution in [0.15, 0.2) is 48.5 Å². The molecule has 0 atom stereocenters. The maximum absolute atomic E-state index is 6.37. The second-order valence-electron chi connectivity index (χ2n) is 5.44. The van der Waals surface area contributed by atoms with Gasteiger partial charge in [0.1, 0.15) is 0 Å². The van der Waals surface area contributed by atoms with Crippen molar-refractivity contribution in [2.24, 2.45) is 0 Å². The van der Waals surface area contributed by atoms with Crippen LogP contribution < -0.4 is 10.2 Å². The molecule has 120 valence electrons. The van der Waals surface area contributed by atoms with E-state index in [0.717, 1.165) is 43.2 Å². The summed E-state index contributed by atoms with van der Waals surface area (Å²) >= 11 is 6.37. The van der Waals surface area contributed by atoms with E-state index >= 15 is 0 Å². The van der Waals surface area contributed by atoms with Gasteiger partial charge in [-0.2, -0.15) is 0 Å². The van der Waals surface area contributed by atoms with Gasteiger partial charge in [-0.05, 0) is 24.3 Å². The number of nitrogens with one attached hydrogen (secondary N) is 1. The molecule has 0 bridgehead atoms. The molecule has 1 saturated heterocycles. The topological polar surface area (TPSA) is 33.1 Å². The molecule has 2 heterocycles. The van der Waals surface area contributed by atoms with E-state index in [1.54, 1.807) is 0 Å². The predicted octanol–water partition coefficient (Wildman–Crippen LogP) is 3.51. The Morgan fingerprint density at radius 2 is 1.65 bits per heavy atom. The molecule has 1 aromatic heterocycles. The number of rotatable bonds is 2. The van der Waals surface area contributed by atoms with Crippen molar-refractivity contribution in [2.75, 3.05) is 31.1 Å². The third-order valence-corrected chi connectivity index (χ3v) is 4.38. The van der Waals surface area contributed by atoms with E-state index in [9.17, 15) is 0 Å². The van der Waals surface area contributed by atoms with E-state index in [0.29, 0.717) is 5.02 Å². The van der Waals surface area contributed by atoms with Gasteiger partial charge in [-0.1, -0.05) is 35.9 Å². The van der Waals surface area contributed by atoms with Gasteiger partial charge < -0.3 is 10.2 Å². The lowest BCUT2D eigenvalue weighted by atomic mass is 10.2. The van der Waals surface area contributed by atoms with E-state index in [-0.39, 0.29) is 12.4 Å². The summed E-state index contributed by atoms with van der Waals surface area (Å²) in [4.78, 5) is 2.34. The van der Waals surface area contributed by atoms with Crippen LogP contribution in [-0.4, -0.2) is 36.0 Å². The second kappa shape index (κ2) is 6.79.